The van der Waals surface area contributed by atoms with Crippen molar-refractivity contribution in [3.05, 3.63) is 36.0 Å². The molecule has 0 aromatic rings. The Bertz CT molecular complexity index is 198. The largest absolute Gasteiger partial charge is 0.0991 e. The van der Waals surface area contributed by atoms with Crippen molar-refractivity contribution in [2.45, 2.75) is 52.9 Å². The standard InChI is InChI=1S/C14H24/c1-5-9-12-13(8-4)14(10-6-2)11-7-3/h5,9,12H,1,6-8,10-11H2,2-4H3/b12-9-. The third-order valence-corrected chi connectivity index (χ3v) is 2.37. The molecule has 0 fully saturated rings. The van der Waals surface area contributed by atoms with Gasteiger partial charge in [0.25, 0.3) is 0 Å². The van der Waals surface area contributed by atoms with E-state index in [1.54, 1.807) is 5.57 Å². The highest BCUT2D eigenvalue weighted by Crippen LogP contribution is 2.20. The second kappa shape index (κ2) is 8.80. The van der Waals surface area contributed by atoms with Gasteiger partial charge < -0.3 is 0 Å². The molecule has 0 N–H and O–H groups in total. The van der Waals surface area contributed by atoms with Gasteiger partial charge in [0.2, 0.25) is 0 Å². The molecule has 0 aliphatic heterocycles. The predicted octanol–water partition coefficient (Wildman–Crippen LogP) is 5.04. The highest BCUT2D eigenvalue weighted by atomic mass is 14.1. The van der Waals surface area contributed by atoms with Gasteiger partial charge in [-0.1, -0.05) is 64.0 Å². The predicted molar refractivity (Wildman–Crippen MR) is 66.5 cm³/mol. The Hall–Kier alpha value is -0.780. The molecule has 0 nitrogen and oxygen atoms in total. The molecule has 0 aliphatic rings. The van der Waals surface area contributed by atoms with Crippen LogP contribution in [0, 0.1) is 0 Å². The van der Waals surface area contributed by atoms with Crippen molar-refractivity contribution in [1.82, 2.24) is 0 Å². The van der Waals surface area contributed by atoms with Crippen LogP contribution in [0.4, 0.5) is 0 Å². The third kappa shape index (κ3) is 5.06. The van der Waals surface area contributed by atoms with Gasteiger partial charge in [0, 0.05) is 0 Å². The minimum atomic E-state index is 1.14. The summed E-state index contributed by atoms with van der Waals surface area (Å²) in [5.41, 5.74) is 3.14. The Morgan fingerprint density at radius 1 is 1.07 bits per heavy atom. The number of hydrogen-bond donors (Lipinski definition) is 0. The maximum atomic E-state index is 3.71. The van der Waals surface area contributed by atoms with Crippen LogP contribution in [0.5, 0.6) is 0 Å². The van der Waals surface area contributed by atoms with E-state index in [1.807, 2.05) is 12.2 Å². The molecule has 80 valence electrons. The maximum absolute atomic E-state index is 3.71. The van der Waals surface area contributed by atoms with Crippen molar-refractivity contribution < 1.29 is 0 Å². The number of allylic oxidation sites excluding steroid dienone is 5. The average Bonchev–Trinajstić information content (AvgIpc) is 2.19. The summed E-state index contributed by atoms with van der Waals surface area (Å²) < 4.78 is 0. The Morgan fingerprint density at radius 2 is 1.64 bits per heavy atom. The molecule has 0 aromatic carbocycles. The van der Waals surface area contributed by atoms with E-state index >= 15 is 0 Å². The molecule has 0 bridgehead atoms. The van der Waals surface area contributed by atoms with Crippen LogP contribution in [0.2, 0.25) is 0 Å². The van der Waals surface area contributed by atoms with Crippen molar-refractivity contribution in [2.75, 3.05) is 0 Å². The Kier molecular flexibility index (Phi) is 8.31. The molecular formula is C14H24. The van der Waals surface area contributed by atoms with Gasteiger partial charge in [-0.2, -0.15) is 0 Å². The Morgan fingerprint density at radius 3 is 2.00 bits per heavy atom. The minimum Gasteiger partial charge on any atom is -0.0991 e. The van der Waals surface area contributed by atoms with Gasteiger partial charge in [-0.3, -0.25) is 0 Å². The summed E-state index contributed by atoms with van der Waals surface area (Å²) in [5.74, 6) is 0. The first-order valence-electron chi connectivity index (χ1n) is 5.80. The van der Waals surface area contributed by atoms with Crippen LogP contribution in [0.1, 0.15) is 52.9 Å². The highest BCUT2D eigenvalue weighted by Gasteiger charge is 2.00. The van der Waals surface area contributed by atoms with Crippen molar-refractivity contribution in [3.63, 3.8) is 0 Å². The number of rotatable bonds is 7. The van der Waals surface area contributed by atoms with Crippen LogP contribution in [0.25, 0.3) is 0 Å². The van der Waals surface area contributed by atoms with Gasteiger partial charge in [0.1, 0.15) is 0 Å². The lowest BCUT2D eigenvalue weighted by molar-refractivity contribution is 0.785. The molecule has 0 aliphatic carbocycles. The summed E-state index contributed by atoms with van der Waals surface area (Å²) >= 11 is 0. The first-order valence-corrected chi connectivity index (χ1v) is 5.80. The quantitative estimate of drug-likeness (QED) is 0.496. The molecule has 0 spiro atoms. The summed E-state index contributed by atoms with van der Waals surface area (Å²) in [7, 11) is 0. The lowest BCUT2D eigenvalue weighted by Crippen LogP contribution is -1.89. The highest BCUT2D eigenvalue weighted by molar-refractivity contribution is 5.27. The van der Waals surface area contributed by atoms with Crippen LogP contribution in [-0.2, 0) is 0 Å². The van der Waals surface area contributed by atoms with Crippen LogP contribution in [0.15, 0.2) is 36.0 Å². The summed E-state index contributed by atoms with van der Waals surface area (Å²) in [5, 5.41) is 0. The van der Waals surface area contributed by atoms with E-state index < -0.39 is 0 Å². The molecule has 0 amide bonds. The average molecular weight is 192 g/mol. The topological polar surface area (TPSA) is 0 Å². The van der Waals surface area contributed by atoms with Gasteiger partial charge in [0.15, 0.2) is 0 Å². The van der Waals surface area contributed by atoms with Crippen molar-refractivity contribution in [2.24, 2.45) is 0 Å². The van der Waals surface area contributed by atoms with Gasteiger partial charge in [-0.25, -0.2) is 0 Å². The smallest absolute Gasteiger partial charge is 0.0308 e. The summed E-state index contributed by atoms with van der Waals surface area (Å²) in [6.45, 7) is 10.4. The normalized spacial score (nSPS) is 10.5. The van der Waals surface area contributed by atoms with Crippen molar-refractivity contribution in [3.8, 4) is 0 Å². The zero-order valence-corrected chi connectivity index (χ0v) is 9.97. The zero-order valence-electron chi connectivity index (χ0n) is 9.97. The summed E-state index contributed by atoms with van der Waals surface area (Å²) in [6.07, 6.45) is 12.3. The second-order valence-corrected chi connectivity index (χ2v) is 3.58. The summed E-state index contributed by atoms with van der Waals surface area (Å²) in [4.78, 5) is 0. The third-order valence-electron chi connectivity index (χ3n) is 2.37. The molecule has 0 aromatic heterocycles. The van der Waals surface area contributed by atoms with Crippen LogP contribution < -0.4 is 0 Å². The maximum Gasteiger partial charge on any atom is -0.0308 e. The molecule has 0 atom stereocenters. The Balaban J connectivity index is 4.66. The van der Waals surface area contributed by atoms with E-state index in [9.17, 15) is 0 Å². The van der Waals surface area contributed by atoms with Crippen molar-refractivity contribution in [1.29, 1.82) is 0 Å². The van der Waals surface area contributed by atoms with Gasteiger partial charge in [-0.15, -0.1) is 0 Å². The molecular weight excluding hydrogens is 168 g/mol. The Labute approximate surface area is 89.4 Å². The number of hydrogen-bond acceptors (Lipinski definition) is 0. The molecule has 0 saturated heterocycles. The van der Waals surface area contributed by atoms with Crippen molar-refractivity contribution >= 4 is 0 Å². The first-order chi connectivity index (χ1) is 6.79. The summed E-state index contributed by atoms with van der Waals surface area (Å²) in [6, 6.07) is 0. The van der Waals surface area contributed by atoms with Crippen LogP contribution in [0.3, 0.4) is 0 Å². The molecule has 0 heterocycles. The van der Waals surface area contributed by atoms with Crippen LogP contribution >= 0.6 is 0 Å². The molecule has 0 radical (unpaired) electrons. The fourth-order valence-electron chi connectivity index (χ4n) is 1.72. The van der Waals surface area contributed by atoms with E-state index in [-0.39, 0.29) is 0 Å². The van der Waals surface area contributed by atoms with E-state index in [1.165, 1.54) is 31.3 Å². The van der Waals surface area contributed by atoms with Gasteiger partial charge >= 0.3 is 0 Å². The van der Waals surface area contributed by atoms with E-state index in [0.29, 0.717) is 0 Å². The lowest BCUT2D eigenvalue weighted by atomic mass is 9.97. The monoisotopic (exact) mass is 192 g/mol. The molecule has 0 rings (SSSR count). The molecule has 14 heavy (non-hydrogen) atoms. The minimum absolute atomic E-state index is 1.14. The molecule has 0 saturated carbocycles. The van der Waals surface area contributed by atoms with Gasteiger partial charge in [0.05, 0.1) is 0 Å². The van der Waals surface area contributed by atoms with Gasteiger partial charge in [-0.05, 0) is 24.8 Å². The second-order valence-electron chi connectivity index (χ2n) is 3.58. The fraction of sp³-hybridized carbons (Fsp3) is 0.571. The molecule has 0 heteroatoms. The van der Waals surface area contributed by atoms with E-state index in [0.717, 1.165) is 6.42 Å². The van der Waals surface area contributed by atoms with E-state index in [4.69, 9.17) is 0 Å². The SMILES string of the molecule is C=C/C=C\C(CC)=C(CCC)CCC. The molecule has 0 unspecified atom stereocenters. The zero-order chi connectivity index (χ0) is 10.8. The first kappa shape index (κ1) is 13.2. The van der Waals surface area contributed by atoms with Crippen LogP contribution in [-0.4, -0.2) is 0 Å². The fourth-order valence-corrected chi connectivity index (χ4v) is 1.72. The lowest BCUT2D eigenvalue weighted by Gasteiger charge is -2.09. The van der Waals surface area contributed by atoms with E-state index in [2.05, 4.69) is 33.4 Å².